The second-order valence-corrected chi connectivity index (χ2v) is 23.1. The van der Waals surface area contributed by atoms with E-state index >= 15 is 0 Å². The summed E-state index contributed by atoms with van der Waals surface area (Å²) in [6, 6.07) is 60.1. The molecule has 4 heteroatoms. The first-order valence-electron chi connectivity index (χ1n) is 24.2. The zero-order valence-corrected chi connectivity index (χ0v) is 40.9. The topological polar surface area (TPSA) is 19.6 Å². The van der Waals surface area contributed by atoms with Gasteiger partial charge in [0, 0.05) is 50.3 Å². The van der Waals surface area contributed by atoms with E-state index in [0.717, 1.165) is 27.6 Å². The zero-order chi connectivity index (χ0) is 46.5. The van der Waals surface area contributed by atoms with Gasteiger partial charge in [0.2, 0.25) is 0 Å². The summed E-state index contributed by atoms with van der Waals surface area (Å²) in [5.74, 6) is 0. The number of nitrogens with zero attached hydrogens (tertiary/aromatic N) is 2. The number of fused-ring (bicyclic) bond motifs is 10. The summed E-state index contributed by atoms with van der Waals surface area (Å²) in [6.07, 6.45) is 0. The number of rotatable bonds is 3. The van der Waals surface area contributed by atoms with Crippen LogP contribution in [0, 0.1) is 0 Å². The predicted octanol–water partition coefficient (Wildman–Crippen LogP) is 15.5. The molecule has 0 saturated carbocycles. The summed E-state index contributed by atoms with van der Waals surface area (Å²) in [5, 5.41) is 2.30. The maximum absolute atomic E-state index is 6.35. The summed E-state index contributed by atoms with van der Waals surface area (Å²) in [6.45, 7) is 25.9. The summed E-state index contributed by atoms with van der Waals surface area (Å²) < 4.78 is 6.35. The van der Waals surface area contributed by atoms with Gasteiger partial charge in [-0.25, -0.2) is 0 Å². The van der Waals surface area contributed by atoms with Crippen molar-refractivity contribution in [2.24, 2.45) is 0 Å². The molecule has 0 spiro atoms. The standard InChI is InChI=1S/C63H59BN2O/c1-60(2,3)39-25-31-52-50(33-39)64-51-34-40(61(4,5)6)26-32-53(51)66(43-29-30-46-45-17-12-14-20-48(45)63(10,11)49(46)37-43)55-36-41(62(7,8)9)35-54(59(55)64)65(52)42-27-23-38(24-28-42)44-19-16-22-57-58(44)47-18-13-15-21-56(47)67-57/h12-37H,1-11H3. The molecule has 0 N–H and O–H groups in total. The van der Waals surface area contributed by atoms with Gasteiger partial charge in [-0.05, 0) is 143 Å². The first-order chi connectivity index (χ1) is 31.9. The molecule has 0 radical (unpaired) electrons. The average molecular weight is 871 g/mol. The van der Waals surface area contributed by atoms with Crippen molar-refractivity contribution in [3.05, 3.63) is 186 Å². The molecule has 0 bridgehead atoms. The molecule has 0 saturated heterocycles. The number of benzene rings is 8. The van der Waals surface area contributed by atoms with Crippen LogP contribution in [0.15, 0.2) is 162 Å². The van der Waals surface area contributed by atoms with Crippen LogP contribution in [0.3, 0.4) is 0 Å². The Hall–Kier alpha value is -6.78. The van der Waals surface area contributed by atoms with Crippen molar-refractivity contribution in [1.82, 2.24) is 0 Å². The quantitative estimate of drug-likeness (QED) is 0.165. The highest BCUT2D eigenvalue weighted by molar-refractivity contribution is 7.00. The fourth-order valence-corrected chi connectivity index (χ4v) is 11.6. The Morgan fingerprint density at radius 1 is 0.433 bits per heavy atom. The Kier molecular flexibility index (Phi) is 8.78. The number of furan rings is 1. The van der Waals surface area contributed by atoms with Crippen LogP contribution in [0.4, 0.5) is 34.1 Å². The Balaban J connectivity index is 1.13. The highest BCUT2D eigenvalue weighted by Gasteiger charge is 2.45. The lowest BCUT2D eigenvalue weighted by molar-refractivity contribution is 0.590. The predicted molar refractivity (Wildman–Crippen MR) is 287 cm³/mol. The van der Waals surface area contributed by atoms with Crippen LogP contribution in [-0.2, 0) is 21.7 Å². The largest absolute Gasteiger partial charge is 0.456 e. The molecule has 3 heterocycles. The molecule has 330 valence electrons. The van der Waals surface area contributed by atoms with E-state index in [1.165, 1.54) is 94.9 Å². The minimum absolute atomic E-state index is 0.0162. The molecule has 3 aliphatic rings. The van der Waals surface area contributed by atoms with Crippen molar-refractivity contribution < 1.29 is 4.42 Å². The lowest BCUT2D eigenvalue weighted by Gasteiger charge is -2.46. The van der Waals surface area contributed by atoms with Crippen molar-refractivity contribution in [2.75, 3.05) is 9.80 Å². The van der Waals surface area contributed by atoms with Gasteiger partial charge in [0.25, 0.3) is 6.71 Å². The lowest BCUT2D eigenvalue weighted by atomic mass is 9.33. The molecule has 9 aromatic rings. The fraction of sp³-hybridized carbons (Fsp3) is 0.238. The van der Waals surface area contributed by atoms with Crippen LogP contribution in [-0.4, -0.2) is 6.71 Å². The van der Waals surface area contributed by atoms with E-state index < -0.39 is 0 Å². The van der Waals surface area contributed by atoms with E-state index in [2.05, 4.69) is 238 Å². The van der Waals surface area contributed by atoms with E-state index in [1.54, 1.807) is 0 Å². The highest BCUT2D eigenvalue weighted by Crippen LogP contribution is 2.52. The van der Waals surface area contributed by atoms with Gasteiger partial charge >= 0.3 is 0 Å². The van der Waals surface area contributed by atoms with Gasteiger partial charge < -0.3 is 14.2 Å². The molecular formula is C63H59BN2O. The Morgan fingerprint density at radius 2 is 0.970 bits per heavy atom. The Bertz CT molecular complexity index is 3510. The summed E-state index contributed by atoms with van der Waals surface area (Å²) in [5.41, 5.74) is 24.7. The van der Waals surface area contributed by atoms with Crippen molar-refractivity contribution in [2.45, 2.75) is 97.8 Å². The third-order valence-corrected chi connectivity index (χ3v) is 15.3. The number of para-hydroxylation sites is 1. The van der Waals surface area contributed by atoms with E-state index in [4.69, 9.17) is 4.42 Å². The van der Waals surface area contributed by atoms with E-state index in [1.807, 2.05) is 6.07 Å². The SMILES string of the molecule is CC(C)(C)c1ccc2c(c1)B1c3cc(C(C)(C)C)ccc3N(c3ccc4c(c3)C(C)(C)c3ccccc3-4)c3cc(C(C)(C)C)cc(c31)N2c1ccc(-c2cccc3oc4ccccc4c23)cc1. The maximum Gasteiger partial charge on any atom is 0.252 e. The number of hydrogen-bond acceptors (Lipinski definition) is 3. The van der Waals surface area contributed by atoms with Gasteiger partial charge in [-0.1, -0.05) is 173 Å². The Labute approximate surface area is 397 Å². The number of anilines is 6. The summed E-state index contributed by atoms with van der Waals surface area (Å²) >= 11 is 0. The van der Waals surface area contributed by atoms with Gasteiger partial charge in [-0.15, -0.1) is 0 Å². The molecule has 12 rings (SSSR count). The molecule has 2 aliphatic heterocycles. The normalized spacial score (nSPS) is 14.8. The molecule has 0 unspecified atom stereocenters. The van der Waals surface area contributed by atoms with Gasteiger partial charge in [-0.2, -0.15) is 0 Å². The van der Waals surface area contributed by atoms with E-state index in [-0.39, 0.29) is 28.4 Å². The van der Waals surface area contributed by atoms with Crippen LogP contribution in [0.1, 0.15) is 104 Å². The molecule has 1 aliphatic carbocycles. The van der Waals surface area contributed by atoms with E-state index in [0.29, 0.717) is 0 Å². The van der Waals surface area contributed by atoms with Gasteiger partial charge in [0.1, 0.15) is 11.2 Å². The van der Waals surface area contributed by atoms with Crippen molar-refractivity contribution in [3.63, 3.8) is 0 Å². The Morgan fingerprint density at radius 3 is 1.61 bits per heavy atom. The van der Waals surface area contributed by atoms with Crippen molar-refractivity contribution in [1.29, 1.82) is 0 Å². The molecule has 67 heavy (non-hydrogen) atoms. The van der Waals surface area contributed by atoms with Crippen LogP contribution in [0.2, 0.25) is 0 Å². The summed E-state index contributed by atoms with van der Waals surface area (Å²) in [7, 11) is 0. The van der Waals surface area contributed by atoms with Gasteiger partial charge in [-0.3, -0.25) is 0 Å². The molecule has 3 nitrogen and oxygen atoms in total. The third kappa shape index (κ3) is 6.25. The van der Waals surface area contributed by atoms with Crippen LogP contribution in [0.25, 0.3) is 44.2 Å². The minimum Gasteiger partial charge on any atom is -0.456 e. The van der Waals surface area contributed by atoms with Crippen LogP contribution < -0.4 is 26.2 Å². The minimum atomic E-state index is -0.132. The molecule has 1 aromatic heterocycles. The van der Waals surface area contributed by atoms with Crippen molar-refractivity contribution in [3.8, 4) is 22.3 Å². The average Bonchev–Trinajstić information content (AvgIpc) is 3.79. The van der Waals surface area contributed by atoms with E-state index in [9.17, 15) is 0 Å². The summed E-state index contributed by atoms with van der Waals surface area (Å²) in [4.78, 5) is 5.19. The molecular weight excluding hydrogens is 812 g/mol. The van der Waals surface area contributed by atoms with Crippen LogP contribution >= 0.6 is 0 Å². The first-order valence-corrected chi connectivity index (χ1v) is 24.2. The van der Waals surface area contributed by atoms with Crippen LogP contribution in [0.5, 0.6) is 0 Å². The van der Waals surface area contributed by atoms with Gasteiger partial charge in [0.15, 0.2) is 0 Å². The zero-order valence-electron chi connectivity index (χ0n) is 40.9. The smallest absolute Gasteiger partial charge is 0.252 e. The first kappa shape index (κ1) is 41.6. The fourth-order valence-electron chi connectivity index (χ4n) is 11.6. The second kappa shape index (κ2) is 14.1. The maximum atomic E-state index is 6.35. The molecule has 0 amide bonds. The van der Waals surface area contributed by atoms with Gasteiger partial charge in [0.05, 0.1) is 0 Å². The molecule has 8 aromatic carbocycles. The monoisotopic (exact) mass is 870 g/mol. The molecule has 0 atom stereocenters. The highest BCUT2D eigenvalue weighted by atomic mass is 16.3. The third-order valence-electron chi connectivity index (χ3n) is 15.3. The second-order valence-electron chi connectivity index (χ2n) is 23.1. The lowest BCUT2D eigenvalue weighted by Crippen LogP contribution is -2.61. The number of hydrogen-bond donors (Lipinski definition) is 0. The molecule has 0 fully saturated rings. The van der Waals surface area contributed by atoms with Crippen molar-refractivity contribution >= 4 is 79.2 Å².